The van der Waals surface area contributed by atoms with E-state index in [-0.39, 0.29) is 0 Å². The zero-order chi connectivity index (χ0) is 83.8. The molecule has 28 aromatic rings. The van der Waals surface area contributed by atoms with Crippen LogP contribution in [0.2, 0.25) is 0 Å². The van der Waals surface area contributed by atoms with Crippen molar-refractivity contribution in [1.82, 2.24) is 38.2 Å². The van der Waals surface area contributed by atoms with Gasteiger partial charge in [-0.05, 0) is 232 Å². The Hall–Kier alpha value is -17.2. The van der Waals surface area contributed by atoms with Crippen molar-refractivity contribution in [2.45, 2.75) is 0 Å². The molecule has 0 saturated heterocycles. The van der Waals surface area contributed by atoms with Crippen LogP contribution in [0.15, 0.2) is 437 Å². The summed E-state index contributed by atoms with van der Waals surface area (Å²) in [5.41, 5.74) is 21.6. The molecule has 0 unspecified atom stereocenters. The summed E-state index contributed by atoms with van der Waals surface area (Å²) >= 11 is 0. The molecule has 592 valence electrons. The van der Waals surface area contributed by atoms with Crippen molar-refractivity contribution in [3.8, 4) is 68.0 Å². The van der Waals surface area contributed by atoms with Gasteiger partial charge in [-0.2, -0.15) is 0 Å². The molecular weight excluding hydrogens is 1550 g/mol. The number of aromatic nitrogens is 8. The monoisotopic (exact) mass is 1620 g/mol. The third kappa shape index (κ3) is 11.1. The Morgan fingerprint density at radius 3 is 0.992 bits per heavy atom. The summed E-state index contributed by atoms with van der Waals surface area (Å²) < 4.78 is 9.73. The highest BCUT2D eigenvalue weighted by Gasteiger charge is 2.25. The second-order valence-electron chi connectivity index (χ2n) is 33.9. The van der Waals surface area contributed by atoms with Crippen molar-refractivity contribution in [2.75, 3.05) is 0 Å². The number of hydrogen-bond donors (Lipinski definition) is 0. The van der Waals surface area contributed by atoms with Gasteiger partial charge in [-0.25, -0.2) is 19.9 Å². The maximum absolute atomic E-state index is 5.41. The van der Waals surface area contributed by atoms with Crippen molar-refractivity contribution in [3.05, 3.63) is 437 Å². The zero-order valence-corrected chi connectivity index (χ0v) is 69.1. The smallest absolute Gasteiger partial charge is 0.160 e. The first-order valence-corrected chi connectivity index (χ1v) is 43.8. The molecular formula is C120H72N8. The zero-order valence-electron chi connectivity index (χ0n) is 69.1. The lowest BCUT2D eigenvalue weighted by Crippen LogP contribution is -1.98. The topological polar surface area (TPSA) is 71.3 Å². The van der Waals surface area contributed by atoms with Gasteiger partial charge in [0, 0.05) is 98.9 Å². The molecule has 0 spiro atoms. The summed E-state index contributed by atoms with van der Waals surface area (Å²) in [6.45, 7) is 0. The van der Waals surface area contributed by atoms with Crippen LogP contribution in [0, 0.1) is 0 Å². The third-order valence-electron chi connectivity index (χ3n) is 26.9. The number of rotatable bonds is 8. The van der Waals surface area contributed by atoms with E-state index in [0.29, 0.717) is 11.6 Å². The van der Waals surface area contributed by atoms with Gasteiger partial charge in [0.15, 0.2) is 11.6 Å². The summed E-state index contributed by atoms with van der Waals surface area (Å²) in [6.07, 6.45) is 0. The minimum atomic E-state index is 0.701. The predicted octanol–water partition coefficient (Wildman–Crippen LogP) is 31.5. The van der Waals surface area contributed by atoms with Crippen LogP contribution in [-0.2, 0) is 0 Å². The number of nitrogens with zero attached hydrogens (tertiary/aromatic N) is 8. The fourth-order valence-corrected chi connectivity index (χ4v) is 21.0. The van der Waals surface area contributed by atoms with E-state index in [2.05, 4.69) is 455 Å². The lowest BCUT2D eigenvalue weighted by Gasteiger charge is -2.14. The number of hydrogen-bond acceptors (Lipinski definition) is 4. The van der Waals surface area contributed by atoms with Gasteiger partial charge in [0.1, 0.15) is 0 Å². The fourth-order valence-electron chi connectivity index (χ4n) is 21.0. The average Bonchev–Trinajstić information content (AvgIpc) is 1.59. The molecule has 0 aliphatic carbocycles. The minimum absolute atomic E-state index is 0.701. The van der Waals surface area contributed by atoms with Gasteiger partial charge in [0.2, 0.25) is 0 Å². The molecule has 8 heteroatoms. The Bertz CT molecular complexity index is 9600. The molecule has 6 heterocycles. The first-order chi connectivity index (χ1) is 63.4. The van der Waals surface area contributed by atoms with Gasteiger partial charge < -0.3 is 18.3 Å². The van der Waals surface area contributed by atoms with Gasteiger partial charge in [-0.15, -0.1) is 0 Å². The molecule has 0 radical (unpaired) electrons. The molecule has 0 aliphatic rings. The Balaban J connectivity index is 0.000000132. The van der Waals surface area contributed by atoms with Crippen LogP contribution in [0.4, 0.5) is 0 Å². The highest BCUT2D eigenvalue weighted by molar-refractivity contribution is 6.25. The summed E-state index contributed by atoms with van der Waals surface area (Å²) in [5, 5.41) is 31.7. The largest absolute Gasteiger partial charge is 0.309 e. The minimum Gasteiger partial charge on any atom is -0.309 e. The maximum atomic E-state index is 5.41. The molecule has 8 nitrogen and oxygen atoms in total. The lowest BCUT2D eigenvalue weighted by atomic mass is 9.94. The summed E-state index contributed by atoms with van der Waals surface area (Å²) in [4.78, 5) is 21.1. The van der Waals surface area contributed by atoms with Crippen molar-refractivity contribution < 1.29 is 0 Å². The Labute approximate surface area is 733 Å². The number of fused-ring (bicyclic) bond motifs is 26. The van der Waals surface area contributed by atoms with Crippen molar-refractivity contribution in [2.24, 2.45) is 0 Å². The van der Waals surface area contributed by atoms with E-state index in [0.717, 1.165) is 89.2 Å². The van der Waals surface area contributed by atoms with E-state index in [1.54, 1.807) is 0 Å². The van der Waals surface area contributed by atoms with Crippen LogP contribution in [0.1, 0.15) is 0 Å². The first kappa shape index (κ1) is 71.4. The van der Waals surface area contributed by atoms with Crippen molar-refractivity contribution >= 4 is 195 Å². The summed E-state index contributed by atoms with van der Waals surface area (Å²) in [5.74, 6) is 1.40. The normalized spacial score (nSPS) is 12.1. The molecule has 6 aromatic heterocycles. The van der Waals surface area contributed by atoms with E-state index in [4.69, 9.17) is 19.9 Å². The van der Waals surface area contributed by atoms with Gasteiger partial charge in [-0.3, -0.25) is 0 Å². The highest BCUT2D eigenvalue weighted by atomic mass is 15.0. The molecule has 0 amide bonds. The third-order valence-corrected chi connectivity index (χ3v) is 26.9. The maximum Gasteiger partial charge on any atom is 0.160 e. The molecule has 28 rings (SSSR count). The van der Waals surface area contributed by atoms with E-state index in [1.807, 2.05) is 0 Å². The van der Waals surface area contributed by atoms with E-state index in [1.165, 1.54) is 162 Å². The second-order valence-corrected chi connectivity index (χ2v) is 33.9. The SMILES string of the molecule is c1ccc2cc3c(cc2c1)c1ccc(-n2c4ccccc4c4c5ccccc5ccc42)cc1n3-c1ccc(-c2nc(-c3cc4ccccc4c4ccccc34)c3ccccc3n2)cc1.c1ccc2cc3c(cc2c1)c1ccc(-n2c4ccccc4c4c5ccccc5ccc42)cc1n3-c1ccc(-c2nc(-c3ccc4c(ccc5ccccc54)c3)c3ccccc3n2)cc1. The number of benzene rings is 22. The molecule has 0 N–H and O–H groups in total. The lowest BCUT2D eigenvalue weighted by molar-refractivity contribution is 1.15. The van der Waals surface area contributed by atoms with Gasteiger partial charge >= 0.3 is 0 Å². The van der Waals surface area contributed by atoms with Crippen LogP contribution >= 0.6 is 0 Å². The second kappa shape index (κ2) is 28.2. The predicted molar refractivity (Wildman–Crippen MR) is 538 cm³/mol. The fraction of sp³-hybridized carbons (Fsp3) is 0. The Morgan fingerprint density at radius 1 is 0.148 bits per heavy atom. The molecule has 0 bridgehead atoms. The van der Waals surface area contributed by atoms with E-state index in [9.17, 15) is 0 Å². The van der Waals surface area contributed by atoms with Crippen molar-refractivity contribution in [1.29, 1.82) is 0 Å². The Morgan fingerprint density at radius 2 is 0.477 bits per heavy atom. The van der Waals surface area contributed by atoms with Crippen LogP contribution in [-0.4, -0.2) is 38.2 Å². The molecule has 0 saturated carbocycles. The summed E-state index contributed by atoms with van der Waals surface area (Å²) in [6, 6.07) is 158. The first-order valence-electron chi connectivity index (χ1n) is 43.8. The summed E-state index contributed by atoms with van der Waals surface area (Å²) in [7, 11) is 0. The highest BCUT2D eigenvalue weighted by Crippen LogP contribution is 2.46. The van der Waals surface area contributed by atoms with Crippen LogP contribution in [0.5, 0.6) is 0 Å². The van der Waals surface area contributed by atoms with Crippen molar-refractivity contribution in [3.63, 3.8) is 0 Å². The molecule has 0 aliphatic heterocycles. The van der Waals surface area contributed by atoms with E-state index < -0.39 is 0 Å². The Kier molecular flexibility index (Phi) is 15.7. The molecule has 0 atom stereocenters. The van der Waals surface area contributed by atoms with Crippen LogP contribution in [0.3, 0.4) is 0 Å². The number of para-hydroxylation sites is 4. The van der Waals surface area contributed by atoms with Crippen LogP contribution in [0.25, 0.3) is 263 Å². The standard InChI is InChI=1S/2C60H36N4/c1-2-15-40-35-56-51(33-39(40)14-1)48-31-30-43(64-54-24-12-10-22-50(54)58-45-18-6-3-13-37(45)27-32-55(58)64)36-57(48)63(56)42-28-25-38(26-29-42)60-61-53-23-11-9-21-49(53)59(62-60)52-34-41-16-4-5-17-44(41)46-19-7-8-20-47(46)52;1-2-14-41-35-56-52(34-40(41)13-1)49-31-29-45(64-54-20-10-8-18-51(54)58-48-16-6-4-12-38(48)26-32-55(58)64)36-57(49)63(56)44-27-23-39(24-28-44)60-61-53-19-9-7-17-50(53)59(62-60)43-25-30-47-42(33-43)22-21-37-11-3-5-15-46(37)47/h2*1-36H. The molecule has 128 heavy (non-hydrogen) atoms. The van der Waals surface area contributed by atoms with E-state index >= 15 is 0 Å². The van der Waals surface area contributed by atoms with Crippen LogP contribution < -0.4 is 0 Å². The molecule has 22 aromatic carbocycles. The van der Waals surface area contributed by atoms with Gasteiger partial charge in [0.25, 0.3) is 0 Å². The quantitative estimate of drug-likeness (QED) is 0.142. The van der Waals surface area contributed by atoms with Gasteiger partial charge in [-0.1, -0.05) is 291 Å². The van der Waals surface area contributed by atoms with Gasteiger partial charge in [0.05, 0.1) is 66.6 Å². The average molecular weight is 1630 g/mol. The molecule has 0 fully saturated rings.